The number of ether oxygens (including phenoxy) is 1. The monoisotopic (exact) mass is 422 g/mol. The first-order chi connectivity index (χ1) is 15.0. The van der Waals surface area contributed by atoms with E-state index in [2.05, 4.69) is 15.8 Å². The number of benzene rings is 3. The first-order valence-corrected chi connectivity index (χ1v) is 9.27. The summed E-state index contributed by atoms with van der Waals surface area (Å²) in [5.74, 6) is -0.0482. The van der Waals surface area contributed by atoms with E-state index in [1.165, 1.54) is 36.5 Å². The highest BCUT2D eigenvalue weighted by molar-refractivity contribution is 5.84. The van der Waals surface area contributed by atoms with Crippen LogP contribution in [0.15, 0.2) is 77.9 Å². The van der Waals surface area contributed by atoms with E-state index in [-0.39, 0.29) is 18.0 Å². The summed E-state index contributed by atoms with van der Waals surface area (Å²) in [4.78, 5) is 22.1. The van der Waals surface area contributed by atoms with Crippen molar-refractivity contribution < 1.29 is 18.8 Å². The Morgan fingerprint density at radius 3 is 2.55 bits per heavy atom. The highest BCUT2D eigenvalue weighted by atomic mass is 19.1. The third kappa shape index (κ3) is 6.93. The molecule has 9 heteroatoms. The second-order valence-electron chi connectivity index (χ2n) is 6.44. The van der Waals surface area contributed by atoms with Crippen LogP contribution in [-0.4, -0.2) is 23.6 Å². The minimum absolute atomic E-state index is 0.0616. The molecule has 3 aromatic carbocycles. The molecule has 31 heavy (non-hydrogen) atoms. The predicted molar refractivity (Wildman–Crippen MR) is 114 cm³/mol. The predicted octanol–water partition coefficient (Wildman–Crippen LogP) is 3.88. The normalized spacial score (nSPS) is 10.6. The number of hydrazone groups is 1. The van der Waals surface area contributed by atoms with E-state index in [0.29, 0.717) is 18.0 Å². The molecule has 2 N–H and O–H groups in total. The molecule has 1 amide bonds. The third-order valence-corrected chi connectivity index (χ3v) is 4.11. The average molecular weight is 422 g/mol. The van der Waals surface area contributed by atoms with Gasteiger partial charge in [-0.1, -0.05) is 18.2 Å². The highest BCUT2D eigenvalue weighted by Crippen LogP contribution is 2.16. The van der Waals surface area contributed by atoms with Crippen molar-refractivity contribution in [1.82, 2.24) is 5.43 Å². The van der Waals surface area contributed by atoms with Gasteiger partial charge in [0.05, 0.1) is 17.7 Å². The molecule has 0 saturated heterocycles. The standard InChI is InChI=1S/C22H19FN4O4/c23-18-8-4-17(5-9-18)15-31-21-10-6-16(7-11-21)13-25-26-22(28)14-24-19-2-1-3-20(12-19)27(29)30/h1-13,24H,14-15H2,(H,26,28). The lowest BCUT2D eigenvalue weighted by Gasteiger charge is -2.06. The summed E-state index contributed by atoms with van der Waals surface area (Å²) in [6.07, 6.45) is 1.48. The molecule has 3 rings (SSSR count). The summed E-state index contributed by atoms with van der Waals surface area (Å²) in [5, 5.41) is 17.4. The maximum Gasteiger partial charge on any atom is 0.271 e. The molecule has 8 nitrogen and oxygen atoms in total. The molecular formula is C22H19FN4O4. The quantitative estimate of drug-likeness (QED) is 0.309. The zero-order valence-corrected chi connectivity index (χ0v) is 16.3. The Hall–Kier alpha value is -4.27. The van der Waals surface area contributed by atoms with Crippen molar-refractivity contribution in [3.8, 4) is 5.75 Å². The molecular weight excluding hydrogens is 403 g/mol. The molecule has 158 valence electrons. The van der Waals surface area contributed by atoms with Crippen LogP contribution >= 0.6 is 0 Å². The van der Waals surface area contributed by atoms with Gasteiger partial charge in [-0.15, -0.1) is 0 Å². The van der Waals surface area contributed by atoms with Crippen molar-refractivity contribution >= 4 is 23.5 Å². The Balaban J connectivity index is 1.42. The number of halogens is 1. The van der Waals surface area contributed by atoms with Gasteiger partial charge in [-0.25, -0.2) is 9.82 Å². The summed E-state index contributed by atoms with van der Waals surface area (Å²) in [6, 6.07) is 19.0. The molecule has 0 atom stereocenters. The summed E-state index contributed by atoms with van der Waals surface area (Å²) in [5.41, 5.74) is 4.38. The van der Waals surface area contributed by atoms with Crippen molar-refractivity contribution in [2.75, 3.05) is 11.9 Å². The van der Waals surface area contributed by atoms with Crippen LogP contribution in [0, 0.1) is 15.9 Å². The molecule has 0 bridgehead atoms. The van der Waals surface area contributed by atoms with Crippen LogP contribution < -0.4 is 15.5 Å². The topological polar surface area (TPSA) is 106 Å². The number of nitro benzene ring substituents is 1. The van der Waals surface area contributed by atoms with E-state index < -0.39 is 10.8 Å². The van der Waals surface area contributed by atoms with Gasteiger partial charge in [0.2, 0.25) is 0 Å². The van der Waals surface area contributed by atoms with Gasteiger partial charge >= 0.3 is 0 Å². The van der Waals surface area contributed by atoms with Gasteiger partial charge in [0.25, 0.3) is 11.6 Å². The van der Waals surface area contributed by atoms with Crippen LogP contribution in [0.2, 0.25) is 0 Å². The molecule has 0 spiro atoms. The van der Waals surface area contributed by atoms with Crippen molar-refractivity contribution in [1.29, 1.82) is 0 Å². The number of carbonyl (C=O) groups excluding carboxylic acids is 1. The summed E-state index contributed by atoms with van der Waals surface area (Å²) >= 11 is 0. The van der Waals surface area contributed by atoms with Crippen LogP contribution in [0.4, 0.5) is 15.8 Å². The Morgan fingerprint density at radius 2 is 1.84 bits per heavy atom. The fourth-order valence-corrected chi connectivity index (χ4v) is 2.53. The molecule has 0 aromatic heterocycles. The molecule has 3 aromatic rings. The molecule has 0 saturated carbocycles. The van der Waals surface area contributed by atoms with Crippen LogP contribution in [0.1, 0.15) is 11.1 Å². The molecule has 0 fully saturated rings. The molecule has 0 aliphatic heterocycles. The fraction of sp³-hybridized carbons (Fsp3) is 0.0909. The number of non-ortho nitro benzene ring substituents is 1. The number of nitrogens with zero attached hydrogens (tertiary/aromatic N) is 2. The number of amides is 1. The number of nitrogens with one attached hydrogen (secondary N) is 2. The lowest BCUT2D eigenvalue weighted by atomic mass is 10.2. The number of nitro groups is 1. The van der Waals surface area contributed by atoms with Crippen molar-refractivity contribution in [2.24, 2.45) is 5.10 Å². The number of anilines is 1. The summed E-state index contributed by atoms with van der Waals surface area (Å²) in [7, 11) is 0. The fourth-order valence-electron chi connectivity index (χ4n) is 2.53. The van der Waals surface area contributed by atoms with Gasteiger partial charge in [0.15, 0.2) is 0 Å². The van der Waals surface area contributed by atoms with Gasteiger partial charge < -0.3 is 10.1 Å². The highest BCUT2D eigenvalue weighted by Gasteiger charge is 2.06. The second-order valence-corrected chi connectivity index (χ2v) is 6.44. The van der Waals surface area contributed by atoms with Gasteiger partial charge in [-0.3, -0.25) is 14.9 Å². The van der Waals surface area contributed by atoms with Crippen molar-refractivity contribution in [3.63, 3.8) is 0 Å². The minimum Gasteiger partial charge on any atom is -0.489 e. The number of rotatable bonds is 9. The van der Waals surface area contributed by atoms with Gasteiger partial charge in [0.1, 0.15) is 18.2 Å². The van der Waals surface area contributed by atoms with Crippen LogP contribution in [-0.2, 0) is 11.4 Å². The maximum absolute atomic E-state index is 12.9. The molecule has 0 aliphatic carbocycles. The SMILES string of the molecule is O=C(CNc1cccc([N+](=O)[O-])c1)NN=Cc1ccc(OCc2ccc(F)cc2)cc1. The number of carbonyl (C=O) groups is 1. The van der Waals surface area contributed by atoms with E-state index in [0.717, 1.165) is 11.1 Å². The Morgan fingerprint density at radius 1 is 1.10 bits per heavy atom. The van der Waals surface area contributed by atoms with Gasteiger partial charge in [0, 0.05) is 17.8 Å². The molecule has 0 heterocycles. The number of hydrogen-bond donors (Lipinski definition) is 2. The Bertz CT molecular complexity index is 1070. The lowest BCUT2D eigenvalue weighted by molar-refractivity contribution is -0.384. The van der Waals surface area contributed by atoms with Crippen LogP contribution in [0.3, 0.4) is 0 Å². The summed E-state index contributed by atoms with van der Waals surface area (Å²) in [6.45, 7) is 0.232. The van der Waals surface area contributed by atoms with E-state index >= 15 is 0 Å². The minimum atomic E-state index is -0.505. The Labute approximate surface area is 177 Å². The first kappa shape index (κ1) is 21.4. The zero-order valence-electron chi connectivity index (χ0n) is 16.3. The van der Waals surface area contributed by atoms with Gasteiger partial charge in [-0.05, 0) is 53.6 Å². The van der Waals surface area contributed by atoms with Gasteiger partial charge in [-0.2, -0.15) is 5.10 Å². The number of hydrogen-bond acceptors (Lipinski definition) is 6. The van der Waals surface area contributed by atoms with E-state index in [9.17, 15) is 19.3 Å². The molecule has 0 unspecified atom stereocenters. The Kier molecular flexibility index (Phi) is 7.26. The smallest absolute Gasteiger partial charge is 0.271 e. The van der Waals surface area contributed by atoms with Crippen molar-refractivity contribution in [2.45, 2.75) is 6.61 Å². The summed E-state index contributed by atoms with van der Waals surface area (Å²) < 4.78 is 18.5. The second kappa shape index (κ2) is 10.5. The van der Waals surface area contributed by atoms with Crippen molar-refractivity contribution in [3.05, 3.63) is 99.9 Å². The lowest BCUT2D eigenvalue weighted by Crippen LogP contribution is -2.25. The third-order valence-electron chi connectivity index (χ3n) is 4.11. The van der Waals surface area contributed by atoms with Crippen LogP contribution in [0.25, 0.3) is 0 Å². The van der Waals surface area contributed by atoms with E-state index in [4.69, 9.17) is 4.74 Å². The molecule has 0 aliphatic rings. The molecule has 0 radical (unpaired) electrons. The zero-order chi connectivity index (χ0) is 22.1. The van der Waals surface area contributed by atoms with E-state index in [1.807, 2.05) is 0 Å². The van der Waals surface area contributed by atoms with Crippen LogP contribution in [0.5, 0.6) is 5.75 Å². The average Bonchev–Trinajstić information content (AvgIpc) is 2.78. The maximum atomic E-state index is 12.9. The largest absolute Gasteiger partial charge is 0.489 e. The first-order valence-electron chi connectivity index (χ1n) is 9.27. The van der Waals surface area contributed by atoms with E-state index in [1.54, 1.807) is 42.5 Å².